The van der Waals surface area contributed by atoms with E-state index < -0.39 is 5.97 Å². The summed E-state index contributed by atoms with van der Waals surface area (Å²) in [6.07, 6.45) is 4.37. The van der Waals surface area contributed by atoms with Gasteiger partial charge in [-0.1, -0.05) is 30.3 Å². The van der Waals surface area contributed by atoms with Crippen LogP contribution in [0.2, 0.25) is 0 Å². The lowest BCUT2D eigenvalue weighted by Crippen LogP contribution is -2.43. The molecule has 2 N–H and O–H groups in total. The van der Waals surface area contributed by atoms with Crippen LogP contribution in [-0.2, 0) is 11.2 Å². The molecule has 1 aromatic rings. The summed E-state index contributed by atoms with van der Waals surface area (Å²) in [5, 5.41) is 12.7. The molecule has 3 nitrogen and oxygen atoms in total. The van der Waals surface area contributed by atoms with Crippen LogP contribution in [0, 0.1) is 5.92 Å². The van der Waals surface area contributed by atoms with E-state index in [2.05, 4.69) is 24.4 Å². The molecule has 2 rings (SSSR count). The van der Waals surface area contributed by atoms with Crippen LogP contribution < -0.4 is 5.32 Å². The highest BCUT2D eigenvalue weighted by atomic mass is 32.2. The molecular formula is C18H27NO2S. The average molecular weight is 321 g/mol. The third-order valence-electron chi connectivity index (χ3n) is 4.50. The van der Waals surface area contributed by atoms with Gasteiger partial charge in [0.25, 0.3) is 0 Å². The normalized spacial score (nSPS) is 18.8. The van der Waals surface area contributed by atoms with Crippen molar-refractivity contribution in [3.8, 4) is 0 Å². The van der Waals surface area contributed by atoms with E-state index >= 15 is 0 Å². The maximum Gasteiger partial charge on any atom is 0.303 e. The molecule has 0 radical (unpaired) electrons. The van der Waals surface area contributed by atoms with Crippen molar-refractivity contribution in [2.75, 3.05) is 11.5 Å². The SMILES string of the molecule is CC(NC(CCC(=O)O)Cc1ccccc1)C1CCSCC1. The molecule has 122 valence electrons. The molecule has 1 heterocycles. The molecule has 1 fully saturated rings. The summed E-state index contributed by atoms with van der Waals surface area (Å²) in [6.45, 7) is 2.26. The first kappa shape index (κ1) is 17.4. The predicted molar refractivity (Wildman–Crippen MR) is 93.5 cm³/mol. The Bertz CT molecular complexity index is 446. The van der Waals surface area contributed by atoms with E-state index in [0.717, 1.165) is 12.3 Å². The highest BCUT2D eigenvalue weighted by molar-refractivity contribution is 7.99. The summed E-state index contributed by atoms with van der Waals surface area (Å²) in [6, 6.07) is 11.1. The Balaban J connectivity index is 1.92. The molecule has 1 saturated heterocycles. The minimum absolute atomic E-state index is 0.234. The van der Waals surface area contributed by atoms with Crippen molar-refractivity contribution in [1.29, 1.82) is 0 Å². The predicted octanol–water partition coefficient (Wildman–Crippen LogP) is 3.58. The third kappa shape index (κ3) is 6.01. The van der Waals surface area contributed by atoms with Gasteiger partial charge in [0.1, 0.15) is 0 Å². The second kappa shape index (κ2) is 9.21. The van der Waals surface area contributed by atoms with E-state index in [0.29, 0.717) is 12.5 Å². The highest BCUT2D eigenvalue weighted by Crippen LogP contribution is 2.26. The van der Waals surface area contributed by atoms with E-state index in [4.69, 9.17) is 5.11 Å². The Morgan fingerprint density at radius 2 is 2.00 bits per heavy atom. The maximum atomic E-state index is 10.9. The fourth-order valence-electron chi connectivity index (χ4n) is 3.16. The van der Waals surface area contributed by atoms with Gasteiger partial charge in [-0.3, -0.25) is 4.79 Å². The van der Waals surface area contributed by atoms with E-state index in [1.165, 1.54) is 29.9 Å². The third-order valence-corrected chi connectivity index (χ3v) is 5.55. The number of hydrogen-bond acceptors (Lipinski definition) is 3. The summed E-state index contributed by atoms with van der Waals surface area (Å²) in [4.78, 5) is 10.9. The van der Waals surface area contributed by atoms with Gasteiger partial charge >= 0.3 is 5.97 Å². The van der Waals surface area contributed by atoms with Gasteiger partial charge in [-0.25, -0.2) is 0 Å². The minimum atomic E-state index is -0.707. The number of carbonyl (C=O) groups is 1. The molecular weight excluding hydrogens is 294 g/mol. The van der Waals surface area contributed by atoms with E-state index in [9.17, 15) is 4.79 Å². The highest BCUT2D eigenvalue weighted by Gasteiger charge is 2.23. The van der Waals surface area contributed by atoms with Crippen molar-refractivity contribution in [1.82, 2.24) is 5.32 Å². The Morgan fingerprint density at radius 3 is 2.64 bits per heavy atom. The first-order valence-electron chi connectivity index (χ1n) is 8.24. The lowest BCUT2D eigenvalue weighted by molar-refractivity contribution is -0.137. The molecule has 2 unspecified atom stereocenters. The van der Waals surface area contributed by atoms with Crippen LogP contribution >= 0.6 is 11.8 Å². The molecule has 2 atom stereocenters. The first-order chi connectivity index (χ1) is 10.6. The van der Waals surface area contributed by atoms with Crippen molar-refractivity contribution < 1.29 is 9.90 Å². The smallest absolute Gasteiger partial charge is 0.303 e. The summed E-state index contributed by atoms with van der Waals surface area (Å²) in [7, 11) is 0. The largest absolute Gasteiger partial charge is 0.481 e. The number of benzene rings is 1. The molecule has 0 bridgehead atoms. The van der Waals surface area contributed by atoms with Crippen molar-refractivity contribution in [3.05, 3.63) is 35.9 Å². The fourth-order valence-corrected chi connectivity index (χ4v) is 4.31. The van der Waals surface area contributed by atoms with E-state index in [1.807, 2.05) is 30.0 Å². The Hall–Kier alpha value is -1.00. The molecule has 0 amide bonds. The minimum Gasteiger partial charge on any atom is -0.481 e. The zero-order chi connectivity index (χ0) is 15.8. The zero-order valence-electron chi connectivity index (χ0n) is 13.3. The number of carboxylic acid groups (broad SMARTS) is 1. The van der Waals surface area contributed by atoms with Gasteiger partial charge in [-0.05, 0) is 55.6 Å². The van der Waals surface area contributed by atoms with Gasteiger partial charge in [0, 0.05) is 18.5 Å². The molecule has 1 aliphatic heterocycles. The van der Waals surface area contributed by atoms with Crippen LogP contribution in [0.4, 0.5) is 0 Å². The van der Waals surface area contributed by atoms with Crippen LogP contribution in [0.5, 0.6) is 0 Å². The Labute approximate surface area is 137 Å². The molecule has 22 heavy (non-hydrogen) atoms. The van der Waals surface area contributed by atoms with E-state index in [-0.39, 0.29) is 12.5 Å². The molecule has 4 heteroatoms. The first-order valence-corrected chi connectivity index (χ1v) is 9.40. The van der Waals surface area contributed by atoms with E-state index in [1.54, 1.807) is 0 Å². The summed E-state index contributed by atoms with van der Waals surface area (Å²) in [5.74, 6) is 2.54. The second-order valence-electron chi connectivity index (χ2n) is 6.22. The van der Waals surface area contributed by atoms with Crippen LogP contribution in [0.25, 0.3) is 0 Å². The van der Waals surface area contributed by atoms with Crippen LogP contribution in [0.1, 0.15) is 38.2 Å². The topological polar surface area (TPSA) is 49.3 Å². The monoisotopic (exact) mass is 321 g/mol. The van der Waals surface area contributed by atoms with Gasteiger partial charge in [0.2, 0.25) is 0 Å². The molecule has 0 aromatic heterocycles. The Kier molecular flexibility index (Phi) is 7.26. The molecule has 1 aliphatic rings. The maximum absolute atomic E-state index is 10.9. The van der Waals surface area contributed by atoms with Gasteiger partial charge in [-0.2, -0.15) is 11.8 Å². The van der Waals surface area contributed by atoms with Crippen molar-refractivity contribution in [2.24, 2.45) is 5.92 Å². The molecule has 0 aliphatic carbocycles. The number of nitrogens with one attached hydrogen (secondary N) is 1. The number of thioether (sulfide) groups is 1. The van der Waals surface area contributed by atoms with Gasteiger partial charge in [0.15, 0.2) is 0 Å². The van der Waals surface area contributed by atoms with Crippen molar-refractivity contribution in [3.63, 3.8) is 0 Å². The quantitative estimate of drug-likeness (QED) is 0.768. The lowest BCUT2D eigenvalue weighted by atomic mass is 9.92. The number of hydrogen-bond donors (Lipinski definition) is 2. The van der Waals surface area contributed by atoms with Gasteiger partial charge in [0.05, 0.1) is 0 Å². The summed E-state index contributed by atoms with van der Waals surface area (Å²) < 4.78 is 0. The molecule has 1 aromatic carbocycles. The van der Waals surface area contributed by atoms with Gasteiger partial charge < -0.3 is 10.4 Å². The van der Waals surface area contributed by atoms with Crippen LogP contribution in [0.15, 0.2) is 30.3 Å². The summed E-state index contributed by atoms with van der Waals surface area (Å²) in [5.41, 5.74) is 1.27. The summed E-state index contributed by atoms with van der Waals surface area (Å²) >= 11 is 2.05. The fraction of sp³-hybridized carbons (Fsp3) is 0.611. The van der Waals surface area contributed by atoms with Crippen molar-refractivity contribution in [2.45, 2.75) is 51.1 Å². The standard InChI is InChI=1S/C18H27NO2S/c1-14(16-9-11-22-12-10-16)19-17(7-8-18(20)21)13-15-5-3-2-4-6-15/h2-6,14,16-17,19H,7-13H2,1H3,(H,20,21). The van der Waals surface area contributed by atoms with Crippen molar-refractivity contribution >= 4 is 17.7 Å². The van der Waals surface area contributed by atoms with Gasteiger partial charge in [-0.15, -0.1) is 0 Å². The number of aliphatic carboxylic acids is 1. The van der Waals surface area contributed by atoms with Crippen LogP contribution in [-0.4, -0.2) is 34.7 Å². The number of carboxylic acids is 1. The average Bonchev–Trinajstić information content (AvgIpc) is 2.54. The molecule has 0 saturated carbocycles. The zero-order valence-corrected chi connectivity index (χ0v) is 14.1. The second-order valence-corrected chi connectivity index (χ2v) is 7.45. The molecule has 0 spiro atoms. The Morgan fingerprint density at radius 1 is 1.32 bits per heavy atom. The lowest BCUT2D eigenvalue weighted by Gasteiger charge is -2.31. The number of rotatable bonds is 8. The van der Waals surface area contributed by atoms with Crippen LogP contribution in [0.3, 0.4) is 0 Å².